The smallest absolute Gasteiger partial charge is 0.217 e. The topological polar surface area (TPSA) is 79.8 Å². The van der Waals surface area contributed by atoms with Crippen LogP contribution >= 0.6 is 0 Å². The van der Waals surface area contributed by atoms with Gasteiger partial charge in [0.1, 0.15) is 14.1 Å². The van der Waals surface area contributed by atoms with Gasteiger partial charge in [0.15, 0.2) is 0 Å². The van der Waals surface area contributed by atoms with Crippen LogP contribution in [0.3, 0.4) is 0 Å². The van der Waals surface area contributed by atoms with E-state index >= 15 is 0 Å². The van der Waals surface area contributed by atoms with Gasteiger partial charge < -0.3 is 29.2 Å². The largest absolute Gasteiger partial charge is 1.00 e. The van der Waals surface area contributed by atoms with E-state index in [9.17, 15) is 10.1 Å². The second-order valence-corrected chi connectivity index (χ2v) is 1.25. The Morgan fingerprint density at radius 3 is 2.30 bits per heavy atom. The Hall–Kier alpha value is -0.0300. The van der Waals surface area contributed by atoms with E-state index < -0.39 is 5.23 Å². The van der Waals surface area contributed by atoms with Crippen molar-refractivity contribution in [2.24, 2.45) is 5.34 Å². The highest BCUT2D eigenvalue weighted by molar-refractivity contribution is 3.86. The number of hydroxylamine groups is 4. The molecule has 0 fully saturated rings. The van der Waals surface area contributed by atoms with E-state index in [-0.39, 0.29) is 29.2 Å². The molecule has 2 atom stereocenters. The highest BCUT2D eigenvalue weighted by Gasteiger charge is 2.05. The van der Waals surface area contributed by atoms with E-state index in [0.29, 0.717) is 0 Å². The summed E-state index contributed by atoms with van der Waals surface area (Å²) in [5.74, 6) is 0. The van der Waals surface area contributed by atoms with Gasteiger partial charge in [0.05, 0.1) is 5.23 Å². The van der Waals surface area contributed by atoms with Gasteiger partial charge in [-0.3, -0.25) is 0 Å². The number of hydrogen-bond acceptors (Lipinski definition) is 5. The van der Waals surface area contributed by atoms with Gasteiger partial charge in [-0.15, -0.1) is 9.85 Å². The van der Waals surface area contributed by atoms with Crippen molar-refractivity contribution in [2.45, 2.75) is 0 Å². The van der Waals surface area contributed by atoms with Crippen molar-refractivity contribution in [1.29, 1.82) is 0 Å². The van der Waals surface area contributed by atoms with E-state index in [0.717, 1.165) is 0 Å². The van der Waals surface area contributed by atoms with Crippen molar-refractivity contribution in [3.05, 3.63) is 10.1 Å². The molecule has 8 heteroatoms. The molecular weight excluding hydrogens is 257 g/mol. The van der Waals surface area contributed by atoms with Crippen molar-refractivity contribution < 1.29 is 44.3 Å². The van der Waals surface area contributed by atoms with Crippen LogP contribution in [0.25, 0.3) is 0 Å². The lowest BCUT2D eigenvalue weighted by atomic mass is 11.5. The lowest BCUT2D eigenvalue weighted by Crippen LogP contribution is -3.24. The third kappa shape index (κ3) is 7.97. The molecule has 0 spiro atoms. The molecule has 7 nitrogen and oxygen atoms in total. The SMILES string of the molecule is C[NH+]([O-])O[NH+](C)ON=O.[I-]. The fourth-order valence-corrected chi connectivity index (χ4v) is 0.274. The van der Waals surface area contributed by atoms with Crippen LogP contribution in [0, 0.1) is 10.1 Å². The molecule has 0 aliphatic heterocycles. The fourth-order valence-electron chi connectivity index (χ4n) is 0.274. The normalized spacial score (nSPS) is 14.7. The van der Waals surface area contributed by atoms with Crippen LogP contribution < -0.4 is 34.4 Å². The maximum Gasteiger partial charge on any atom is 0.217 e. The van der Waals surface area contributed by atoms with Crippen molar-refractivity contribution in [3.63, 3.8) is 0 Å². The van der Waals surface area contributed by atoms with Crippen LogP contribution in [-0.2, 0) is 9.88 Å². The van der Waals surface area contributed by atoms with Crippen LogP contribution in [0.5, 0.6) is 0 Å². The number of nitrogens with zero attached hydrogens (tertiary/aromatic N) is 1. The summed E-state index contributed by atoms with van der Waals surface area (Å²) in [5, 5.41) is 11.4. The van der Waals surface area contributed by atoms with Crippen LogP contribution in [0.4, 0.5) is 0 Å². The second kappa shape index (κ2) is 7.08. The van der Waals surface area contributed by atoms with Crippen molar-refractivity contribution in [2.75, 3.05) is 14.1 Å². The zero-order chi connectivity index (χ0) is 7.28. The molecule has 0 aliphatic carbocycles. The summed E-state index contributed by atoms with van der Waals surface area (Å²) in [4.78, 5) is 17.5. The van der Waals surface area contributed by atoms with Gasteiger partial charge in [0.25, 0.3) is 0 Å². The van der Waals surface area contributed by atoms with Crippen molar-refractivity contribution in [1.82, 2.24) is 0 Å². The predicted octanol–water partition coefficient (Wildman–Crippen LogP) is -6.02. The third-order valence-electron chi connectivity index (χ3n) is 0.453. The molecule has 0 rings (SSSR count). The lowest BCUT2D eigenvalue weighted by molar-refractivity contribution is -1.40. The average Bonchev–Trinajstić information content (AvgIpc) is 1.63. The minimum absolute atomic E-state index is 0. The quantitative estimate of drug-likeness (QED) is 0.301. The maximum absolute atomic E-state index is 10.1. The zero-order valence-corrected chi connectivity index (χ0v) is 7.62. The van der Waals surface area contributed by atoms with Crippen molar-refractivity contribution in [3.8, 4) is 0 Å². The Kier molecular flexibility index (Phi) is 8.94. The molecule has 0 aromatic rings. The molecule has 0 aliphatic rings. The molecule has 0 saturated heterocycles. The summed E-state index contributed by atoms with van der Waals surface area (Å²) in [6, 6.07) is 0. The first-order chi connectivity index (χ1) is 4.16. The van der Waals surface area contributed by atoms with Crippen LogP contribution in [0.15, 0.2) is 5.34 Å². The van der Waals surface area contributed by atoms with Crippen LogP contribution in [0.1, 0.15) is 0 Å². The number of halogens is 1. The minimum Gasteiger partial charge on any atom is -1.00 e. The molecule has 0 aromatic heterocycles. The second-order valence-electron chi connectivity index (χ2n) is 1.25. The Morgan fingerprint density at radius 1 is 1.50 bits per heavy atom. The molecule has 10 heavy (non-hydrogen) atoms. The van der Waals surface area contributed by atoms with Crippen molar-refractivity contribution >= 4 is 0 Å². The standard InChI is InChI=1S/C2H7N3O4.HI/c1-4(7)9-5(2)8-3-6;/h4H,1-2H3;1H. The average molecular weight is 265 g/mol. The Bertz CT molecular complexity index is 90.6. The van der Waals surface area contributed by atoms with Gasteiger partial charge in [0.2, 0.25) is 5.34 Å². The summed E-state index contributed by atoms with van der Waals surface area (Å²) < 4.78 is 0. The molecule has 0 amide bonds. The molecule has 0 heterocycles. The maximum atomic E-state index is 10.1. The lowest BCUT2D eigenvalue weighted by Gasteiger charge is -2.11. The van der Waals surface area contributed by atoms with Gasteiger partial charge >= 0.3 is 0 Å². The summed E-state index contributed by atoms with van der Waals surface area (Å²) in [6.45, 7) is 0. The zero-order valence-electron chi connectivity index (χ0n) is 5.46. The summed E-state index contributed by atoms with van der Waals surface area (Å²) in [6.07, 6.45) is 0. The first-order valence-electron chi connectivity index (χ1n) is 2.18. The molecule has 0 radical (unpaired) electrons. The fraction of sp³-hybridized carbons (Fsp3) is 1.00. The number of nitrogens with one attached hydrogen (secondary N) is 2. The highest BCUT2D eigenvalue weighted by Crippen LogP contribution is 1.49. The highest BCUT2D eigenvalue weighted by atomic mass is 127. The molecule has 0 aromatic carbocycles. The van der Waals surface area contributed by atoms with Gasteiger partial charge in [-0.25, -0.2) is 0 Å². The number of rotatable bonds is 4. The summed E-state index contributed by atoms with van der Waals surface area (Å²) in [5.41, 5.74) is 0. The van der Waals surface area contributed by atoms with E-state index in [2.05, 4.69) is 9.88 Å². The summed E-state index contributed by atoms with van der Waals surface area (Å²) >= 11 is 0. The van der Waals surface area contributed by atoms with E-state index in [1.807, 2.05) is 5.34 Å². The van der Waals surface area contributed by atoms with E-state index in [1.54, 1.807) is 0 Å². The predicted molar refractivity (Wildman–Crippen MR) is 25.1 cm³/mol. The Morgan fingerprint density at radius 2 is 2.00 bits per heavy atom. The third-order valence-corrected chi connectivity index (χ3v) is 0.453. The summed E-state index contributed by atoms with van der Waals surface area (Å²) in [7, 11) is 2.50. The van der Waals surface area contributed by atoms with Gasteiger partial charge in [0, 0.05) is 4.94 Å². The van der Waals surface area contributed by atoms with Gasteiger partial charge in [-0.2, -0.15) is 5.23 Å². The molecule has 0 bridgehead atoms. The molecule has 0 saturated carbocycles. The van der Waals surface area contributed by atoms with E-state index in [4.69, 9.17) is 0 Å². The molecular formula is C2H8IN3O4. The monoisotopic (exact) mass is 265 g/mol. The Balaban J connectivity index is 0. The van der Waals surface area contributed by atoms with Gasteiger partial charge in [-0.05, 0) is 0 Å². The molecule has 2 unspecified atom stereocenters. The van der Waals surface area contributed by atoms with Crippen LogP contribution in [0.2, 0.25) is 0 Å². The molecule has 62 valence electrons. The number of hydrogen-bond donors (Lipinski definition) is 2. The first-order valence-corrected chi connectivity index (χ1v) is 2.18. The minimum atomic E-state index is -0.545. The van der Waals surface area contributed by atoms with Gasteiger partial charge in [-0.1, -0.05) is 0 Å². The first kappa shape index (κ1) is 12.6. The molecule has 2 N–H and O–H groups in total. The van der Waals surface area contributed by atoms with E-state index in [1.165, 1.54) is 14.1 Å². The number of quaternary nitrogens is 2. The Labute approximate surface area is 74.3 Å². The van der Waals surface area contributed by atoms with Crippen LogP contribution in [-0.4, -0.2) is 14.1 Å².